The van der Waals surface area contributed by atoms with Gasteiger partial charge in [-0.25, -0.2) is 13.2 Å². The van der Waals surface area contributed by atoms with Crippen LogP contribution in [0.5, 0.6) is 0 Å². The van der Waals surface area contributed by atoms with Gasteiger partial charge in [0.05, 0.1) is 4.90 Å². The van der Waals surface area contributed by atoms with Crippen LogP contribution in [0.2, 0.25) is 0 Å². The number of hydrogen-bond donors (Lipinski definition) is 1. The fourth-order valence-corrected chi connectivity index (χ4v) is 2.31. The van der Waals surface area contributed by atoms with Crippen LogP contribution in [0.3, 0.4) is 0 Å². The van der Waals surface area contributed by atoms with Gasteiger partial charge in [-0.3, -0.25) is 4.90 Å². The van der Waals surface area contributed by atoms with Crippen molar-refractivity contribution in [2.24, 2.45) is 0 Å². The first-order valence-corrected chi connectivity index (χ1v) is 7.42. The van der Waals surface area contributed by atoms with Gasteiger partial charge in [0, 0.05) is 21.9 Å². The highest BCUT2D eigenvalue weighted by atomic mass is 35.7. The second-order valence-corrected chi connectivity index (χ2v) is 7.29. The summed E-state index contributed by atoms with van der Waals surface area (Å²) in [6.45, 7) is 5.23. The molecule has 1 aromatic rings. The molecule has 0 saturated heterocycles. The molecular formula is C11H14ClNO4S. The molecule has 5 nitrogen and oxygen atoms in total. The van der Waals surface area contributed by atoms with Crippen molar-refractivity contribution in [2.45, 2.75) is 31.2 Å². The molecule has 0 heterocycles. The number of hydrogen-bond acceptors (Lipinski definition) is 3. The lowest BCUT2D eigenvalue weighted by molar-refractivity contribution is 0.195. The average molecular weight is 292 g/mol. The fourth-order valence-electron chi connectivity index (χ4n) is 1.54. The third kappa shape index (κ3) is 3.36. The Morgan fingerprint density at radius 1 is 1.22 bits per heavy atom. The molecular weight excluding hydrogens is 278 g/mol. The first-order valence-electron chi connectivity index (χ1n) is 5.11. The van der Waals surface area contributed by atoms with E-state index in [9.17, 15) is 18.3 Å². The highest BCUT2D eigenvalue weighted by Gasteiger charge is 2.27. The number of carbonyl (C=O) groups is 1. The standard InChI is InChI=1S/C11H14ClNO4S/c1-11(2,3)13(10(14)15)8-4-6-9(7-5-8)18(12,16)17/h4-7H,1-3H3,(H,14,15). The monoisotopic (exact) mass is 291 g/mol. The largest absolute Gasteiger partial charge is 0.465 e. The Bertz CT molecular complexity index is 545. The van der Waals surface area contributed by atoms with E-state index >= 15 is 0 Å². The maximum absolute atomic E-state index is 11.2. The van der Waals surface area contributed by atoms with Crippen LogP contribution in [0.15, 0.2) is 29.2 Å². The molecule has 0 saturated carbocycles. The zero-order valence-electron chi connectivity index (χ0n) is 10.2. The van der Waals surface area contributed by atoms with E-state index in [0.717, 1.165) is 4.90 Å². The van der Waals surface area contributed by atoms with E-state index in [1.807, 2.05) is 0 Å². The summed E-state index contributed by atoms with van der Waals surface area (Å²) >= 11 is 0. The van der Waals surface area contributed by atoms with Crippen LogP contribution >= 0.6 is 10.7 Å². The van der Waals surface area contributed by atoms with Gasteiger partial charge in [0.2, 0.25) is 0 Å². The van der Waals surface area contributed by atoms with Gasteiger partial charge < -0.3 is 5.11 Å². The summed E-state index contributed by atoms with van der Waals surface area (Å²) < 4.78 is 22.2. The minimum Gasteiger partial charge on any atom is -0.465 e. The van der Waals surface area contributed by atoms with Crippen LogP contribution in [0.25, 0.3) is 0 Å². The van der Waals surface area contributed by atoms with E-state index in [1.54, 1.807) is 20.8 Å². The Kier molecular flexibility index (Phi) is 3.92. The predicted octanol–water partition coefficient (Wildman–Crippen LogP) is 2.90. The third-order valence-corrected chi connectivity index (χ3v) is 3.61. The number of amides is 1. The van der Waals surface area contributed by atoms with Crippen molar-refractivity contribution >= 4 is 31.5 Å². The second-order valence-electron chi connectivity index (χ2n) is 4.72. The summed E-state index contributed by atoms with van der Waals surface area (Å²) in [4.78, 5) is 12.3. The number of anilines is 1. The van der Waals surface area contributed by atoms with Gasteiger partial charge in [-0.05, 0) is 45.0 Å². The molecule has 7 heteroatoms. The van der Waals surface area contributed by atoms with Crippen molar-refractivity contribution in [3.8, 4) is 0 Å². The molecule has 0 aromatic heterocycles. The lowest BCUT2D eigenvalue weighted by Gasteiger charge is -2.33. The third-order valence-electron chi connectivity index (χ3n) is 2.24. The summed E-state index contributed by atoms with van der Waals surface area (Å²) in [5, 5.41) is 9.17. The second kappa shape index (κ2) is 4.78. The highest BCUT2D eigenvalue weighted by Crippen LogP contribution is 2.26. The van der Waals surface area contributed by atoms with E-state index in [0.29, 0.717) is 5.69 Å². The van der Waals surface area contributed by atoms with Crippen LogP contribution < -0.4 is 4.90 Å². The van der Waals surface area contributed by atoms with Crippen molar-refractivity contribution < 1.29 is 18.3 Å². The van der Waals surface area contributed by atoms with E-state index in [4.69, 9.17) is 10.7 Å². The van der Waals surface area contributed by atoms with Crippen molar-refractivity contribution in [3.05, 3.63) is 24.3 Å². The number of carboxylic acid groups (broad SMARTS) is 1. The molecule has 0 fully saturated rings. The van der Waals surface area contributed by atoms with Crippen LogP contribution in [0.1, 0.15) is 20.8 Å². The molecule has 0 aliphatic heterocycles. The van der Waals surface area contributed by atoms with Crippen LogP contribution in [0.4, 0.5) is 10.5 Å². The number of halogens is 1. The summed E-state index contributed by atoms with van der Waals surface area (Å²) in [6.07, 6.45) is -1.11. The minimum absolute atomic E-state index is 0.0628. The molecule has 0 bridgehead atoms. The van der Waals surface area contributed by atoms with Crippen LogP contribution in [-0.4, -0.2) is 25.2 Å². The molecule has 0 aliphatic rings. The average Bonchev–Trinajstić information content (AvgIpc) is 2.13. The maximum atomic E-state index is 11.2. The number of benzene rings is 1. The summed E-state index contributed by atoms with van der Waals surface area (Å²) in [7, 11) is 1.39. The van der Waals surface area contributed by atoms with Gasteiger partial charge in [0.15, 0.2) is 0 Å². The molecule has 0 radical (unpaired) electrons. The molecule has 1 aromatic carbocycles. The maximum Gasteiger partial charge on any atom is 0.412 e. The number of nitrogens with zero attached hydrogens (tertiary/aromatic N) is 1. The van der Waals surface area contributed by atoms with E-state index < -0.39 is 20.7 Å². The lowest BCUT2D eigenvalue weighted by Crippen LogP contribution is -2.45. The van der Waals surface area contributed by atoms with Crippen molar-refractivity contribution in [2.75, 3.05) is 4.90 Å². The zero-order chi connectivity index (χ0) is 14.1. The first kappa shape index (κ1) is 14.8. The van der Waals surface area contributed by atoms with Crippen LogP contribution in [-0.2, 0) is 9.05 Å². The predicted molar refractivity (Wildman–Crippen MR) is 69.7 cm³/mol. The first-order chi connectivity index (χ1) is 8.03. The number of rotatable bonds is 2. The Morgan fingerprint density at radius 2 is 1.67 bits per heavy atom. The van der Waals surface area contributed by atoms with E-state index in [2.05, 4.69) is 0 Å². The van der Waals surface area contributed by atoms with Gasteiger partial charge >= 0.3 is 6.09 Å². The molecule has 0 unspecified atom stereocenters. The Morgan fingerprint density at radius 3 is 1.94 bits per heavy atom. The van der Waals surface area contributed by atoms with Crippen molar-refractivity contribution in [1.82, 2.24) is 0 Å². The summed E-state index contributed by atoms with van der Waals surface area (Å²) in [5.41, 5.74) is -0.244. The van der Waals surface area contributed by atoms with Gasteiger partial charge in [-0.2, -0.15) is 0 Å². The topological polar surface area (TPSA) is 74.7 Å². The van der Waals surface area contributed by atoms with Gasteiger partial charge in [-0.1, -0.05) is 0 Å². The van der Waals surface area contributed by atoms with Crippen LogP contribution in [0, 0.1) is 0 Å². The normalized spacial score (nSPS) is 12.2. The fraction of sp³-hybridized carbons (Fsp3) is 0.364. The molecule has 18 heavy (non-hydrogen) atoms. The van der Waals surface area contributed by atoms with Gasteiger partial charge in [0.1, 0.15) is 0 Å². The Hall–Kier alpha value is -1.27. The molecule has 100 valence electrons. The van der Waals surface area contributed by atoms with E-state index in [1.165, 1.54) is 24.3 Å². The highest BCUT2D eigenvalue weighted by molar-refractivity contribution is 8.13. The Balaban J connectivity index is 3.22. The molecule has 1 N–H and O–H groups in total. The molecule has 1 rings (SSSR count). The van der Waals surface area contributed by atoms with Crippen molar-refractivity contribution in [3.63, 3.8) is 0 Å². The SMILES string of the molecule is CC(C)(C)N(C(=O)O)c1ccc(S(=O)(=O)Cl)cc1. The Labute approximate surface area is 110 Å². The van der Waals surface area contributed by atoms with Gasteiger partial charge in [0.25, 0.3) is 9.05 Å². The van der Waals surface area contributed by atoms with Gasteiger partial charge in [-0.15, -0.1) is 0 Å². The summed E-state index contributed by atoms with van der Waals surface area (Å²) in [5.74, 6) is 0. The van der Waals surface area contributed by atoms with Crippen molar-refractivity contribution in [1.29, 1.82) is 0 Å². The smallest absolute Gasteiger partial charge is 0.412 e. The summed E-state index contributed by atoms with van der Waals surface area (Å²) in [6, 6.07) is 5.38. The molecule has 0 aliphatic carbocycles. The zero-order valence-corrected chi connectivity index (χ0v) is 11.8. The minimum atomic E-state index is -3.79. The quantitative estimate of drug-likeness (QED) is 0.850. The molecule has 0 spiro atoms. The lowest BCUT2D eigenvalue weighted by atomic mass is 10.1. The molecule has 0 atom stereocenters. The molecule has 1 amide bonds. The van der Waals surface area contributed by atoms with E-state index in [-0.39, 0.29) is 4.90 Å².